The molecule has 0 aromatic carbocycles. The van der Waals surface area contributed by atoms with E-state index in [1.807, 2.05) is 30.0 Å². The van der Waals surface area contributed by atoms with Gasteiger partial charge in [0.1, 0.15) is 5.82 Å². The molecule has 4 rings (SSSR count). The fraction of sp³-hybridized carbons (Fsp3) is 0.560. The van der Waals surface area contributed by atoms with Gasteiger partial charge in [0.15, 0.2) is 0 Å². The van der Waals surface area contributed by atoms with E-state index in [2.05, 4.69) is 28.7 Å². The molecule has 0 radical (unpaired) electrons. The topological polar surface area (TPSA) is 67.2 Å². The van der Waals surface area contributed by atoms with Gasteiger partial charge in [0.25, 0.3) is 5.91 Å². The van der Waals surface area contributed by atoms with Crippen molar-refractivity contribution < 1.29 is 9.59 Å². The number of carbonyl (C=O) groups excluding carboxylic acids is 2. The fourth-order valence-electron chi connectivity index (χ4n) is 5.28. The first-order valence-corrected chi connectivity index (χ1v) is 11.7. The Morgan fingerprint density at radius 3 is 2.55 bits per heavy atom. The largest absolute Gasteiger partial charge is 0.345 e. The van der Waals surface area contributed by atoms with Crippen LogP contribution in [-0.4, -0.2) is 39.4 Å². The third kappa shape index (κ3) is 4.68. The monoisotopic (exact) mass is 422 g/mol. The van der Waals surface area contributed by atoms with Crippen molar-refractivity contribution in [2.45, 2.75) is 71.8 Å². The zero-order chi connectivity index (χ0) is 22.0. The molecule has 0 spiro atoms. The number of aryl methyl sites for hydroxylation is 2. The summed E-state index contributed by atoms with van der Waals surface area (Å²) >= 11 is 0. The van der Waals surface area contributed by atoms with E-state index in [1.165, 1.54) is 37.8 Å². The van der Waals surface area contributed by atoms with Crippen molar-refractivity contribution in [2.75, 3.05) is 18.4 Å². The van der Waals surface area contributed by atoms with Gasteiger partial charge < -0.3 is 14.8 Å². The molecule has 1 unspecified atom stereocenters. The van der Waals surface area contributed by atoms with Crippen LogP contribution in [0.5, 0.6) is 0 Å². The number of piperidine rings is 1. The lowest BCUT2D eigenvalue weighted by Crippen LogP contribution is -2.44. The number of nitrogens with zero attached hydrogens (tertiary/aromatic N) is 3. The number of carbonyl (C=O) groups is 2. The summed E-state index contributed by atoms with van der Waals surface area (Å²) in [5.74, 6) is 0.371. The summed E-state index contributed by atoms with van der Waals surface area (Å²) in [6.07, 6.45) is 7.88. The normalized spacial score (nSPS) is 20.0. The first-order valence-electron chi connectivity index (χ1n) is 11.7. The highest BCUT2D eigenvalue weighted by atomic mass is 16.2. The van der Waals surface area contributed by atoms with Crippen LogP contribution in [0.3, 0.4) is 0 Å². The molecule has 1 aliphatic carbocycles. The van der Waals surface area contributed by atoms with Gasteiger partial charge in [0, 0.05) is 36.2 Å². The summed E-state index contributed by atoms with van der Waals surface area (Å²) in [5, 5.41) is 2.93. The average molecular weight is 423 g/mol. The third-order valence-corrected chi connectivity index (χ3v) is 6.87. The number of anilines is 1. The Morgan fingerprint density at radius 1 is 1.03 bits per heavy atom. The van der Waals surface area contributed by atoms with E-state index in [4.69, 9.17) is 0 Å². The Balaban J connectivity index is 1.46. The van der Waals surface area contributed by atoms with Crippen LogP contribution in [0.25, 0.3) is 0 Å². The second-order valence-corrected chi connectivity index (χ2v) is 9.19. The second kappa shape index (κ2) is 9.25. The highest BCUT2D eigenvalue weighted by molar-refractivity contribution is 5.97. The van der Waals surface area contributed by atoms with Gasteiger partial charge in [0.2, 0.25) is 5.91 Å². The number of amides is 2. The molecule has 6 heteroatoms. The summed E-state index contributed by atoms with van der Waals surface area (Å²) in [4.78, 5) is 32.5. The van der Waals surface area contributed by atoms with Crippen molar-refractivity contribution >= 4 is 17.6 Å². The molecule has 2 aromatic heterocycles. The Bertz CT molecular complexity index is 958. The molecule has 2 aliphatic rings. The predicted octanol–water partition coefficient (Wildman–Crippen LogP) is 4.80. The summed E-state index contributed by atoms with van der Waals surface area (Å²) in [5.41, 5.74) is 3.91. The maximum absolute atomic E-state index is 13.4. The molecule has 166 valence electrons. The molecule has 0 bridgehead atoms. The summed E-state index contributed by atoms with van der Waals surface area (Å²) in [7, 11) is 0. The fourth-order valence-corrected chi connectivity index (χ4v) is 5.28. The van der Waals surface area contributed by atoms with Gasteiger partial charge in [-0.25, -0.2) is 4.98 Å². The van der Waals surface area contributed by atoms with Crippen molar-refractivity contribution in [2.24, 2.45) is 5.92 Å². The number of pyridine rings is 1. The van der Waals surface area contributed by atoms with E-state index >= 15 is 0 Å². The van der Waals surface area contributed by atoms with Gasteiger partial charge in [-0.3, -0.25) is 9.59 Å². The van der Waals surface area contributed by atoms with Gasteiger partial charge in [-0.15, -0.1) is 0 Å². The first-order chi connectivity index (χ1) is 14.9. The van der Waals surface area contributed by atoms with Crippen LogP contribution < -0.4 is 5.32 Å². The maximum Gasteiger partial charge on any atom is 0.255 e. The van der Waals surface area contributed by atoms with Gasteiger partial charge in [-0.05, 0) is 64.7 Å². The molecular weight excluding hydrogens is 388 g/mol. The number of hydrogen-bond acceptors (Lipinski definition) is 3. The molecule has 3 heterocycles. The van der Waals surface area contributed by atoms with Crippen LogP contribution in [-0.2, 0) is 4.79 Å². The molecule has 2 amide bonds. The SMILES string of the molecule is Cc1cccc(NC(=O)C2CCCN(C(=O)c3cc(C)n(C4CCCCC4)c3C)C2)n1. The lowest BCUT2D eigenvalue weighted by atomic mass is 9.95. The smallest absolute Gasteiger partial charge is 0.255 e. The first kappa shape index (κ1) is 21.6. The van der Waals surface area contributed by atoms with E-state index in [0.29, 0.717) is 24.9 Å². The number of nitrogens with one attached hydrogen (secondary N) is 1. The van der Waals surface area contributed by atoms with Crippen LogP contribution in [0, 0.1) is 26.7 Å². The molecular formula is C25H34N4O2. The predicted molar refractivity (Wildman–Crippen MR) is 122 cm³/mol. The van der Waals surface area contributed by atoms with Crippen molar-refractivity contribution in [1.29, 1.82) is 0 Å². The molecule has 6 nitrogen and oxygen atoms in total. The van der Waals surface area contributed by atoms with Gasteiger partial charge in [0.05, 0.1) is 11.5 Å². The number of hydrogen-bond donors (Lipinski definition) is 1. The van der Waals surface area contributed by atoms with E-state index < -0.39 is 0 Å². The number of likely N-dealkylation sites (tertiary alicyclic amines) is 1. The van der Waals surface area contributed by atoms with Crippen molar-refractivity contribution in [3.63, 3.8) is 0 Å². The average Bonchev–Trinajstić information content (AvgIpc) is 3.07. The van der Waals surface area contributed by atoms with E-state index in [1.54, 1.807) is 6.07 Å². The summed E-state index contributed by atoms with van der Waals surface area (Å²) < 4.78 is 2.38. The van der Waals surface area contributed by atoms with Crippen molar-refractivity contribution in [3.8, 4) is 0 Å². The van der Waals surface area contributed by atoms with E-state index in [0.717, 1.165) is 29.8 Å². The van der Waals surface area contributed by atoms with Gasteiger partial charge in [-0.2, -0.15) is 0 Å². The minimum atomic E-state index is -0.207. The molecule has 1 aliphatic heterocycles. The van der Waals surface area contributed by atoms with Crippen LogP contribution in [0.15, 0.2) is 24.3 Å². The number of aromatic nitrogens is 2. The second-order valence-electron chi connectivity index (χ2n) is 9.19. The minimum absolute atomic E-state index is 0.0525. The van der Waals surface area contributed by atoms with Gasteiger partial charge >= 0.3 is 0 Å². The van der Waals surface area contributed by atoms with Crippen LogP contribution >= 0.6 is 0 Å². The van der Waals surface area contributed by atoms with E-state index in [-0.39, 0.29) is 17.7 Å². The summed E-state index contributed by atoms with van der Waals surface area (Å²) in [6, 6.07) is 8.15. The van der Waals surface area contributed by atoms with Crippen LogP contribution in [0.1, 0.15) is 78.4 Å². The lowest BCUT2D eigenvalue weighted by Gasteiger charge is -2.32. The zero-order valence-electron chi connectivity index (χ0n) is 19.0. The quantitative estimate of drug-likeness (QED) is 0.769. The summed E-state index contributed by atoms with van der Waals surface area (Å²) in [6.45, 7) is 7.26. The van der Waals surface area contributed by atoms with Crippen LogP contribution in [0.2, 0.25) is 0 Å². The number of rotatable bonds is 4. The van der Waals surface area contributed by atoms with Crippen LogP contribution in [0.4, 0.5) is 5.82 Å². The zero-order valence-corrected chi connectivity index (χ0v) is 19.0. The molecule has 2 fully saturated rings. The highest BCUT2D eigenvalue weighted by Gasteiger charge is 2.31. The van der Waals surface area contributed by atoms with Crippen molar-refractivity contribution in [1.82, 2.24) is 14.5 Å². The molecule has 1 saturated carbocycles. The highest BCUT2D eigenvalue weighted by Crippen LogP contribution is 2.33. The third-order valence-electron chi connectivity index (χ3n) is 6.87. The molecule has 1 N–H and O–H groups in total. The molecule has 1 saturated heterocycles. The Kier molecular flexibility index (Phi) is 6.44. The Hall–Kier alpha value is -2.63. The van der Waals surface area contributed by atoms with Gasteiger partial charge in [-0.1, -0.05) is 25.3 Å². The molecule has 1 atom stereocenters. The lowest BCUT2D eigenvalue weighted by molar-refractivity contribution is -0.121. The minimum Gasteiger partial charge on any atom is -0.345 e. The Labute approximate surface area is 185 Å². The Morgan fingerprint density at radius 2 is 1.81 bits per heavy atom. The molecule has 2 aromatic rings. The standard InChI is InChI=1S/C25H34N4O2/c1-17-9-7-13-23(26-17)27-24(30)20-10-8-14-28(16-20)25(31)22-15-18(2)29(19(22)3)21-11-5-4-6-12-21/h7,9,13,15,20-21H,4-6,8,10-12,14,16H2,1-3H3,(H,26,27,30). The van der Waals surface area contributed by atoms with E-state index in [9.17, 15) is 9.59 Å². The molecule has 31 heavy (non-hydrogen) atoms. The van der Waals surface area contributed by atoms with Crippen molar-refractivity contribution in [3.05, 3.63) is 46.9 Å². The maximum atomic E-state index is 13.4.